The number of alkyl halides is 4. The lowest BCUT2D eigenvalue weighted by Gasteiger charge is -2.10. The number of hydrogen-bond donors (Lipinski definition) is 0. The van der Waals surface area contributed by atoms with Gasteiger partial charge in [0.15, 0.2) is 11.5 Å². The van der Waals surface area contributed by atoms with Gasteiger partial charge in [0.05, 0.1) is 11.8 Å². The molecular weight excluding hydrogens is 313 g/mol. The van der Waals surface area contributed by atoms with Crippen molar-refractivity contribution >= 4 is 15.9 Å². The van der Waals surface area contributed by atoms with Gasteiger partial charge in [-0.2, -0.15) is 18.3 Å². The van der Waals surface area contributed by atoms with Crippen LogP contribution >= 0.6 is 15.9 Å². The minimum Gasteiger partial charge on any atom is -0.275 e. The van der Waals surface area contributed by atoms with E-state index in [9.17, 15) is 13.2 Å². The van der Waals surface area contributed by atoms with E-state index in [4.69, 9.17) is 0 Å². The molecule has 8 heteroatoms. The number of halogens is 4. The monoisotopic (exact) mass is 320 g/mol. The summed E-state index contributed by atoms with van der Waals surface area (Å²) in [7, 11) is 1.67. The first-order chi connectivity index (χ1) is 8.41. The SMILES string of the molecule is Cn1cc(-c2ncc(CBr)c(C(F)(F)F)n2)cn1. The molecule has 0 atom stereocenters. The van der Waals surface area contributed by atoms with Crippen LogP contribution in [-0.4, -0.2) is 19.7 Å². The van der Waals surface area contributed by atoms with Gasteiger partial charge in [0.2, 0.25) is 0 Å². The van der Waals surface area contributed by atoms with Gasteiger partial charge in [0.1, 0.15) is 0 Å². The van der Waals surface area contributed by atoms with Crippen LogP contribution in [0, 0.1) is 0 Å². The average Bonchev–Trinajstić information content (AvgIpc) is 2.74. The van der Waals surface area contributed by atoms with E-state index in [1.807, 2.05) is 0 Å². The van der Waals surface area contributed by atoms with E-state index in [2.05, 4.69) is 31.0 Å². The molecule has 0 fully saturated rings. The Bertz CT molecular complexity index is 564. The Morgan fingerprint density at radius 2 is 2.06 bits per heavy atom. The van der Waals surface area contributed by atoms with Crippen LogP contribution in [0.3, 0.4) is 0 Å². The lowest BCUT2D eigenvalue weighted by molar-refractivity contribution is -0.141. The van der Waals surface area contributed by atoms with Crippen LogP contribution in [0.4, 0.5) is 13.2 Å². The first kappa shape index (κ1) is 13.0. The van der Waals surface area contributed by atoms with E-state index in [0.29, 0.717) is 5.56 Å². The third-order valence-electron chi connectivity index (χ3n) is 2.24. The van der Waals surface area contributed by atoms with Crippen LogP contribution in [0.2, 0.25) is 0 Å². The zero-order chi connectivity index (χ0) is 13.3. The van der Waals surface area contributed by atoms with Crippen molar-refractivity contribution in [1.29, 1.82) is 0 Å². The molecule has 0 bridgehead atoms. The Hall–Kier alpha value is -1.44. The quantitative estimate of drug-likeness (QED) is 0.799. The summed E-state index contributed by atoms with van der Waals surface area (Å²) in [5.41, 5.74) is -0.465. The van der Waals surface area contributed by atoms with Crippen LogP contribution < -0.4 is 0 Å². The molecule has 0 radical (unpaired) electrons. The average molecular weight is 321 g/mol. The number of rotatable bonds is 2. The largest absolute Gasteiger partial charge is 0.433 e. The third kappa shape index (κ3) is 2.53. The van der Waals surface area contributed by atoms with Crippen molar-refractivity contribution < 1.29 is 13.2 Å². The molecule has 2 heterocycles. The summed E-state index contributed by atoms with van der Waals surface area (Å²) in [6.07, 6.45) is -0.345. The van der Waals surface area contributed by atoms with Gasteiger partial charge in [-0.05, 0) is 0 Å². The topological polar surface area (TPSA) is 43.6 Å². The molecule has 0 aliphatic heterocycles. The van der Waals surface area contributed by atoms with Gasteiger partial charge >= 0.3 is 6.18 Å². The summed E-state index contributed by atoms with van der Waals surface area (Å²) in [6.45, 7) is 0. The first-order valence-electron chi connectivity index (χ1n) is 4.90. The van der Waals surface area contributed by atoms with Crippen molar-refractivity contribution in [2.24, 2.45) is 7.05 Å². The summed E-state index contributed by atoms with van der Waals surface area (Å²) >= 11 is 2.99. The minimum absolute atomic E-state index is 0.00939. The number of hydrogen-bond acceptors (Lipinski definition) is 3. The van der Waals surface area contributed by atoms with Crippen molar-refractivity contribution in [3.05, 3.63) is 29.8 Å². The predicted molar refractivity (Wildman–Crippen MR) is 61.9 cm³/mol. The van der Waals surface area contributed by atoms with Crippen molar-refractivity contribution in [3.63, 3.8) is 0 Å². The van der Waals surface area contributed by atoms with E-state index >= 15 is 0 Å². The molecule has 96 valence electrons. The number of nitrogens with zero attached hydrogens (tertiary/aromatic N) is 4. The molecular formula is C10H8BrF3N4. The molecule has 2 aromatic heterocycles. The second-order valence-electron chi connectivity index (χ2n) is 3.60. The second kappa shape index (κ2) is 4.68. The lowest BCUT2D eigenvalue weighted by atomic mass is 10.2. The standard InChI is InChI=1S/C10H8BrF3N4/c1-18-5-7(4-16-18)9-15-3-6(2-11)8(17-9)10(12,13)14/h3-5H,2H2,1H3. The van der Waals surface area contributed by atoms with Crippen LogP contribution in [-0.2, 0) is 18.6 Å². The van der Waals surface area contributed by atoms with E-state index in [1.165, 1.54) is 17.1 Å². The summed E-state index contributed by atoms with van der Waals surface area (Å²) < 4.78 is 39.9. The summed E-state index contributed by atoms with van der Waals surface area (Å²) in [4.78, 5) is 7.49. The van der Waals surface area contributed by atoms with Crippen molar-refractivity contribution in [2.75, 3.05) is 0 Å². The van der Waals surface area contributed by atoms with E-state index in [1.54, 1.807) is 13.2 Å². The molecule has 0 unspecified atom stereocenters. The van der Waals surface area contributed by atoms with E-state index < -0.39 is 11.9 Å². The molecule has 0 amide bonds. The van der Waals surface area contributed by atoms with Gasteiger partial charge in [-0.25, -0.2) is 9.97 Å². The van der Waals surface area contributed by atoms with E-state index in [-0.39, 0.29) is 16.7 Å². The third-order valence-corrected chi connectivity index (χ3v) is 2.84. The second-order valence-corrected chi connectivity index (χ2v) is 4.16. The summed E-state index contributed by atoms with van der Waals surface area (Å²) in [6, 6.07) is 0. The fourth-order valence-electron chi connectivity index (χ4n) is 1.43. The fraction of sp³-hybridized carbons (Fsp3) is 0.300. The molecule has 0 saturated heterocycles. The van der Waals surface area contributed by atoms with E-state index in [0.717, 1.165) is 0 Å². The van der Waals surface area contributed by atoms with Crippen molar-refractivity contribution in [1.82, 2.24) is 19.7 Å². The molecule has 18 heavy (non-hydrogen) atoms. The zero-order valence-corrected chi connectivity index (χ0v) is 10.8. The van der Waals surface area contributed by atoms with Gasteiger partial charge < -0.3 is 0 Å². The molecule has 4 nitrogen and oxygen atoms in total. The highest BCUT2D eigenvalue weighted by Crippen LogP contribution is 2.32. The lowest BCUT2D eigenvalue weighted by Crippen LogP contribution is -2.12. The first-order valence-corrected chi connectivity index (χ1v) is 6.02. The Balaban J connectivity index is 2.52. The molecule has 0 aliphatic carbocycles. The Morgan fingerprint density at radius 3 is 2.56 bits per heavy atom. The molecule has 0 saturated carbocycles. The van der Waals surface area contributed by atoms with Crippen molar-refractivity contribution in [3.8, 4) is 11.4 Å². The molecule has 2 aromatic rings. The minimum atomic E-state index is -4.50. The highest BCUT2D eigenvalue weighted by molar-refractivity contribution is 9.08. The Morgan fingerprint density at radius 1 is 1.33 bits per heavy atom. The van der Waals surface area contributed by atoms with Crippen LogP contribution in [0.15, 0.2) is 18.6 Å². The number of aryl methyl sites for hydroxylation is 1. The molecule has 2 rings (SSSR count). The highest BCUT2D eigenvalue weighted by Gasteiger charge is 2.35. The predicted octanol–water partition coefficient (Wildman–Crippen LogP) is 2.79. The molecule has 0 spiro atoms. The van der Waals surface area contributed by atoms with Gasteiger partial charge in [0, 0.05) is 30.3 Å². The summed E-state index contributed by atoms with van der Waals surface area (Å²) in [5, 5.41) is 3.92. The number of aromatic nitrogens is 4. The van der Waals surface area contributed by atoms with Gasteiger partial charge in [-0.15, -0.1) is 0 Å². The highest BCUT2D eigenvalue weighted by atomic mass is 79.9. The summed E-state index contributed by atoms with van der Waals surface area (Å²) in [5.74, 6) is 0.0140. The fourth-order valence-corrected chi connectivity index (χ4v) is 1.84. The Kier molecular flexibility index (Phi) is 3.38. The maximum atomic E-state index is 12.8. The van der Waals surface area contributed by atoms with Crippen molar-refractivity contribution in [2.45, 2.75) is 11.5 Å². The van der Waals surface area contributed by atoms with Crippen LogP contribution in [0.25, 0.3) is 11.4 Å². The maximum Gasteiger partial charge on any atom is 0.433 e. The van der Waals surface area contributed by atoms with Gasteiger partial charge in [-0.3, -0.25) is 4.68 Å². The van der Waals surface area contributed by atoms with Crippen LogP contribution in [0.1, 0.15) is 11.3 Å². The van der Waals surface area contributed by atoms with Gasteiger partial charge in [-0.1, -0.05) is 15.9 Å². The van der Waals surface area contributed by atoms with Crippen LogP contribution in [0.5, 0.6) is 0 Å². The van der Waals surface area contributed by atoms with Gasteiger partial charge in [0.25, 0.3) is 0 Å². The molecule has 0 aliphatic rings. The maximum absolute atomic E-state index is 12.8. The smallest absolute Gasteiger partial charge is 0.275 e. The zero-order valence-electron chi connectivity index (χ0n) is 9.24. The molecule has 0 aromatic carbocycles. The normalized spacial score (nSPS) is 11.8. The molecule has 0 N–H and O–H groups in total. The Labute approximate surface area is 109 Å².